The van der Waals surface area contributed by atoms with Crippen molar-refractivity contribution in [2.45, 2.75) is 13.5 Å². The van der Waals surface area contributed by atoms with Gasteiger partial charge in [0.1, 0.15) is 0 Å². The van der Waals surface area contributed by atoms with Crippen molar-refractivity contribution in [3.63, 3.8) is 0 Å². The molecular formula is C20H18N2O4. The van der Waals surface area contributed by atoms with Crippen molar-refractivity contribution in [1.29, 1.82) is 0 Å². The van der Waals surface area contributed by atoms with E-state index >= 15 is 0 Å². The van der Waals surface area contributed by atoms with Crippen LogP contribution in [0.5, 0.6) is 0 Å². The molecule has 0 unspecified atom stereocenters. The molecule has 0 atom stereocenters. The van der Waals surface area contributed by atoms with Gasteiger partial charge in [0.05, 0.1) is 23.8 Å². The lowest BCUT2D eigenvalue weighted by atomic mass is 10.1. The molecule has 0 bridgehead atoms. The lowest BCUT2D eigenvalue weighted by molar-refractivity contribution is 0.0598. The Morgan fingerprint density at radius 3 is 2.42 bits per heavy atom. The summed E-state index contributed by atoms with van der Waals surface area (Å²) in [4.78, 5) is 36.3. The van der Waals surface area contributed by atoms with E-state index in [9.17, 15) is 14.4 Å². The van der Waals surface area contributed by atoms with Gasteiger partial charge in [0, 0.05) is 25.1 Å². The molecular weight excluding hydrogens is 332 g/mol. The molecule has 1 N–H and O–H groups in total. The van der Waals surface area contributed by atoms with Gasteiger partial charge in [0.2, 0.25) is 5.91 Å². The molecule has 0 saturated carbocycles. The molecule has 1 heterocycles. The number of para-hydroxylation sites is 1. The zero-order valence-corrected chi connectivity index (χ0v) is 14.5. The summed E-state index contributed by atoms with van der Waals surface area (Å²) in [5.74, 6) is -0.944. The summed E-state index contributed by atoms with van der Waals surface area (Å²) >= 11 is 0. The smallest absolute Gasteiger partial charge is 0.338 e. The number of hydrogen-bond donors (Lipinski definition) is 1. The highest BCUT2D eigenvalue weighted by atomic mass is 16.5. The molecule has 0 spiro atoms. The van der Waals surface area contributed by atoms with E-state index in [-0.39, 0.29) is 18.4 Å². The zero-order valence-electron chi connectivity index (χ0n) is 14.5. The molecule has 6 nitrogen and oxygen atoms in total. The quantitative estimate of drug-likeness (QED) is 0.734. The van der Waals surface area contributed by atoms with Crippen LogP contribution >= 0.6 is 0 Å². The van der Waals surface area contributed by atoms with Crippen molar-refractivity contribution in [2.75, 3.05) is 7.11 Å². The van der Waals surface area contributed by atoms with Crippen LogP contribution in [0.3, 0.4) is 0 Å². The van der Waals surface area contributed by atoms with Crippen LogP contribution in [0.1, 0.15) is 38.0 Å². The number of methoxy groups -OCH3 is 1. The maximum Gasteiger partial charge on any atom is 0.338 e. The van der Waals surface area contributed by atoms with E-state index in [4.69, 9.17) is 4.74 Å². The number of nitrogens with zero attached hydrogens (tertiary/aromatic N) is 1. The molecule has 3 rings (SSSR count). The number of esters is 1. The molecule has 6 heteroatoms. The summed E-state index contributed by atoms with van der Waals surface area (Å²) < 4.78 is 6.21. The number of amides is 1. The Balaban J connectivity index is 1.88. The third kappa shape index (κ3) is 3.21. The zero-order chi connectivity index (χ0) is 18.7. The van der Waals surface area contributed by atoms with Gasteiger partial charge in [-0.15, -0.1) is 0 Å². The lowest BCUT2D eigenvalue weighted by Crippen LogP contribution is -2.24. The van der Waals surface area contributed by atoms with E-state index < -0.39 is 5.97 Å². The molecule has 0 aliphatic heterocycles. The minimum absolute atomic E-state index is 0.170. The minimum atomic E-state index is -0.456. The largest absolute Gasteiger partial charge is 0.465 e. The van der Waals surface area contributed by atoms with Crippen LogP contribution in [0, 0.1) is 0 Å². The minimum Gasteiger partial charge on any atom is -0.465 e. The third-order valence-electron chi connectivity index (χ3n) is 4.16. The van der Waals surface area contributed by atoms with Gasteiger partial charge in [-0.25, -0.2) is 4.79 Å². The Morgan fingerprint density at radius 2 is 1.69 bits per heavy atom. The predicted octanol–water partition coefficient (Wildman–Crippen LogP) is 3.02. The lowest BCUT2D eigenvalue weighted by Gasteiger charge is -2.09. The molecule has 0 radical (unpaired) electrons. The summed E-state index contributed by atoms with van der Waals surface area (Å²) in [5, 5.41) is 3.50. The van der Waals surface area contributed by atoms with Crippen LogP contribution < -0.4 is 5.32 Å². The van der Waals surface area contributed by atoms with E-state index in [0.29, 0.717) is 27.6 Å². The van der Waals surface area contributed by atoms with Gasteiger partial charge in [0.25, 0.3) is 5.91 Å². The Bertz CT molecular complexity index is 1000. The van der Waals surface area contributed by atoms with E-state index in [1.807, 2.05) is 12.1 Å². The Kier molecular flexibility index (Phi) is 4.84. The first-order valence-corrected chi connectivity index (χ1v) is 8.08. The highest BCUT2D eigenvalue weighted by Gasteiger charge is 2.17. The van der Waals surface area contributed by atoms with Crippen LogP contribution in [0.25, 0.3) is 10.9 Å². The monoisotopic (exact) mass is 350 g/mol. The number of fused-ring (bicyclic) bond motifs is 1. The van der Waals surface area contributed by atoms with Crippen LogP contribution in [0.2, 0.25) is 0 Å². The van der Waals surface area contributed by atoms with Crippen molar-refractivity contribution < 1.29 is 19.1 Å². The molecule has 0 aliphatic carbocycles. The number of benzene rings is 2. The normalized spacial score (nSPS) is 10.5. The van der Waals surface area contributed by atoms with Gasteiger partial charge in [-0.05, 0) is 17.7 Å². The highest BCUT2D eigenvalue weighted by Crippen LogP contribution is 2.21. The Labute approximate surface area is 150 Å². The van der Waals surface area contributed by atoms with E-state index in [2.05, 4.69) is 5.32 Å². The molecule has 0 aliphatic rings. The molecule has 0 fully saturated rings. The van der Waals surface area contributed by atoms with Crippen molar-refractivity contribution in [2.24, 2.45) is 0 Å². The van der Waals surface area contributed by atoms with Gasteiger partial charge < -0.3 is 10.1 Å². The molecule has 0 saturated heterocycles. The molecule has 3 aromatic rings. The van der Waals surface area contributed by atoms with Crippen LogP contribution in [-0.4, -0.2) is 29.5 Å². The van der Waals surface area contributed by atoms with Crippen LogP contribution in [0.4, 0.5) is 0 Å². The second kappa shape index (κ2) is 7.23. The van der Waals surface area contributed by atoms with E-state index in [0.717, 1.165) is 0 Å². The summed E-state index contributed by atoms with van der Waals surface area (Å²) in [6, 6.07) is 14.1. The van der Waals surface area contributed by atoms with Crippen molar-refractivity contribution in [1.82, 2.24) is 9.88 Å². The molecule has 1 amide bonds. The maximum absolute atomic E-state index is 12.7. The number of hydrogen-bond acceptors (Lipinski definition) is 4. The van der Waals surface area contributed by atoms with Gasteiger partial charge in [-0.1, -0.05) is 36.4 Å². The fourth-order valence-corrected chi connectivity index (χ4v) is 2.88. The summed E-state index contributed by atoms with van der Waals surface area (Å²) in [6.45, 7) is 1.62. The van der Waals surface area contributed by atoms with Crippen LogP contribution in [-0.2, 0) is 11.3 Å². The van der Waals surface area contributed by atoms with Gasteiger partial charge in [0.15, 0.2) is 0 Å². The van der Waals surface area contributed by atoms with Gasteiger partial charge in [-0.3, -0.25) is 14.2 Å². The first-order valence-electron chi connectivity index (χ1n) is 8.08. The maximum atomic E-state index is 12.7. The SMILES string of the molecule is COC(=O)c1ccccc1CNC(=O)c1cn(C(C)=O)c2ccccc12. The summed E-state index contributed by atoms with van der Waals surface area (Å²) in [7, 11) is 1.31. The topological polar surface area (TPSA) is 77.4 Å². The number of aromatic nitrogens is 1. The van der Waals surface area contributed by atoms with Crippen molar-refractivity contribution >= 4 is 28.7 Å². The number of carbonyl (C=O) groups excluding carboxylic acids is 3. The van der Waals surface area contributed by atoms with Crippen molar-refractivity contribution in [3.05, 3.63) is 71.4 Å². The fourth-order valence-electron chi connectivity index (χ4n) is 2.88. The number of carbonyl (C=O) groups is 3. The molecule has 1 aromatic heterocycles. The standard InChI is InChI=1S/C20H18N2O4/c1-13(23)22-12-17(16-9-5-6-10-18(16)22)19(24)21-11-14-7-3-4-8-15(14)20(25)26-2/h3-10,12H,11H2,1-2H3,(H,21,24). The highest BCUT2D eigenvalue weighted by molar-refractivity contribution is 6.09. The fraction of sp³-hybridized carbons (Fsp3) is 0.150. The summed E-state index contributed by atoms with van der Waals surface area (Å²) in [6.07, 6.45) is 1.54. The molecule has 132 valence electrons. The van der Waals surface area contributed by atoms with E-state index in [1.54, 1.807) is 36.4 Å². The second-order valence-electron chi connectivity index (χ2n) is 5.78. The number of nitrogens with one attached hydrogen (secondary N) is 1. The van der Waals surface area contributed by atoms with E-state index in [1.165, 1.54) is 24.8 Å². The molecule has 2 aromatic carbocycles. The third-order valence-corrected chi connectivity index (χ3v) is 4.16. The van der Waals surface area contributed by atoms with Crippen LogP contribution in [0.15, 0.2) is 54.7 Å². The van der Waals surface area contributed by atoms with Crippen molar-refractivity contribution in [3.8, 4) is 0 Å². The van der Waals surface area contributed by atoms with Gasteiger partial charge >= 0.3 is 5.97 Å². The average molecular weight is 350 g/mol. The first-order chi connectivity index (χ1) is 12.5. The summed E-state index contributed by atoms with van der Waals surface area (Å²) in [5.41, 5.74) is 2.15. The Hall–Kier alpha value is -3.41. The van der Waals surface area contributed by atoms with Gasteiger partial charge in [-0.2, -0.15) is 0 Å². The first kappa shape index (κ1) is 17.4. The number of ether oxygens (including phenoxy) is 1. The Morgan fingerprint density at radius 1 is 1.00 bits per heavy atom. The molecule has 26 heavy (non-hydrogen) atoms. The predicted molar refractivity (Wildman–Crippen MR) is 97.2 cm³/mol. The average Bonchev–Trinajstić information content (AvgIpc) is 3.06. The number of rotatable bonds is 4. The second-order valence-corrected chi connectivity index (χ2v) is 5.78.